The van der Waals surface area contributed by atoms with Crippen LogP contribution >= 0.6 is 0 Å². The third-order valence-corrected chi connectivity index (χ3v) is 8.11. The number of ether oxygens (including phenoxy) is 2. The summed E-state index contributed by atoms with van der Waals surface area (Å²) in [6.07, 6.45) is 1.41. The number of hydrogen-bond acceptors (Lipinski definition) is 10. The highest BCUT2D eigenvalue weighted by Gasteiger charge is 2.26. The van der Waals surface area contributed by atoms with Gasteiger partial charge in [-0.1, -0.05) is 30.3 Å². The van der Waals surface area contributed by atoms with E-state index in [1.807, 2.05) is 35.2 Å². The molecule has 232 valence electrons. The molecule has 2 N–H and O–H groups in total. The number of aliphatic hydroxyl groups excluding tert-OH is 1. The zero-order chi connectivity index (χ0) is 31.2. The van der Waals surface area contributed by atoms with Gasteiger partial charge in [0.25, 0.3) is 0 Å². The van der Waals surface area contributed by atoms with Crippen LogP contribution in [0, 0.1) is 0 Å². The van der Waals surface area contributed by atoms with E-state index in [-0.39, 0.29) is 17.6 Å². The fraction of sp³-hybridized carbons (Fsp3) is 0.324. The van der Waals surface area contributed by atoms with Crippen molar-refractivity contribution >= 4 is 29.0 Å². The third-order valence-electron chi connectivity index (χ3n) is 8.11. The Hall–Kier alpha value is -4.87. The molecule has 1 atom stereocenters. The predicted molar refractivity (Wildman–Crippen MR) is 170 cm³/mol. The molecule has 0 bridgehead atoms. The lowest BCUT2D eigenvalue weighted by atomic mass is 9.97. The number of carbonyl (C=O) groups is 2. The van der Waals surface area contributed by atoms with E-state index < -0.39 is 11.9 Å². The number of Topliss-reactive ketones (excluding diaryl/α,β-unsaturated/α-hetero) is 1. The first kappa shape index (κ1) is 30.2. The molecule has 2 saturated heterocycles. The van der Waals surface area contributed by atoms with Crippen LogP contribution in [0.4, 0.5) is 17.3 Å². The first-order chi connectivity index (χ1) is 21.9. The van der Waals surface area contributed by atoms with Crippen molar-refractivity contribution in [2.45, 2.75) is 32.0 Å². The van der Waals surface area contributed by atoms with E-state index in [2.05, 4.69) is 25.2 Å². The number of nitrogens with zero attached hydrogens (tertiary/aromatic N) is 5. The summed E-state index contributed by atoms with van der Waals surface area (Å²) in [6.45, 7) is 5.80. The number of aliphatic hydroxyl groups is 1. The second-order valence-corrected chi connectivity index (χ2v) is 11.1. The standard InChI is InChI=1S/C34H36N6O5/c1-23(41)39-15-17-40(18-16-39)27-10-8-26(9-11-27)37-34-36-22-35-33(38-34)25-7-12-30(45-28-13-19-44-20-14-28)29(21-25)32(43)31(42)24-5-3-2-4-6-24/h2-12,21-22,28,31,42H,13-20H2,1H3,(H,35,36,37,38). The quantitative estimate of drug-likeness (QED) is 0.263. The molecule has 0 saturated carbocycles. The lowest BCUT2D eigenvalue weighted by Gasteiger charge is -2.35. The van der Waals surface area contributed by atoms with Crippen molar-refractivity contribution in [1.29, 1.82) is 0 Å². The number of ketones is 1. The number of piperazine rings is 1. The van der Waals surface area contributed by atoms with Gasteiger partial charge in [0.1, 0.15) is 24.3 Å². The Kier molecular flexibility index (Phi) is 9.27. The van der Waals surface area contributed by atoms with E-state index in [0.29, 0.717) is 55.0 Å². The van der Waals surface area contributed by atoms with Crippen LogP contribution in [0.5, 0.6) is 5.75 Å². The molecule has 0 spiro atoms. The highest BCUT2D eigenvalue weighted by atomic mass is 16.5. The Balaban J connectivity index is 1.21. The fourth-order valence-corrected chi connectivity index (χ4v) is 5.53. The molecule has 11 heteroatoms. The number of anilines is 3. The molecule has 1 unspecified atom stereocenters. The van der Waals surface area contributed by atoms with Crippen LogP contribution in [0.15, 0.2) is 79.1 Å². The average molecular weight is 609 g/mol. The molecule has 45 heavy (non-hydrogen) atoms. The second kappa shape index (κ2) is 13.8. The SMILES string of the molecule is CC(=O)N1CCN(c2ccc(Nc3ncnc(-c4ccc(OC5CCOCC5)c(C(=O)C(O)c5ccccc5)c4)n3)cc2)CC1. The number of rotatable bonds is 9. The molecule has 3 aromatic carbocycles. The smallest absolute Gasteiger partial charge is 0.230 e. The van der Waals surface area contributed by atoms with Crippen LogP contribution in [-0.2, 0) is 9.53 Å². The number of aromatic nitrogens is 3. The van der Waals surface area contributed by atoms with Crippen molar-refractivity contribution in [2.75, 3.05) is 49.6 Å². The molecule has 2 aliphatic heterocycles. The third kappa shape index (κ3) is 7.27. The Morgan fingerprint density at radius 2 is 1.69 bits per heavy atom. The summed E-state index contributed by atoms with van der Waals surface area (Å²) in [4.78, 5) is 42.7. The normalized spacial score (nSPS) is 16.2. The fourth-order valence-electron chi connectivity index (χ4n) is 5.53. The molecular weight excluding hydrogens is 572 g/mol. The molecule has 0 radical (unpaired) electrons. The summed E-state index contributed by atoms with van der Waals surface area (Å²) in [6, 6.07) is 22.0. The van der Waals surface area contributed by atoms with Gasteiger partial charge in [-0.15, -0.1) is 0 Å². The Morgan fingerprint density at radius 1 is 0.956 bits per heavy atom. The van der Waals surface area contributed by atoms with Gasteiger partial charge in [-0.2, -0.15) is 4.98 Å². The van der Waals surface area contributed by atoms with E-state index >= 15 is 0 Å². The van der Waals surface area contributed by atoms with E-state index in [1.165, 1.54) is 6.33 Å². The zero-order valence-electron chi connectivity index (χ0n) is 25.1. The average Bonchev–Trinajstić information content (AvgIpc) is 3.09. The summed E-state index contributed by atoms with van der Waals surface area (Å²) >= 11 is 0. The Morgan fingerprint density at radius 3 is 2.40 bits per heavy atom. The maximum Gasteiger partial charge on any atom is 0.230 e. The molecular formula is C34H36N6O5. The molecule has 2 fully saturated rings. The summed E-state index contributed by atoms with van der Waals surface area (Å²) in [7, 11) is 0. The number of amides is 1. The minimum Gasteiger partial charge on any atom is -0.489 e. The number of nitrogens with one attached hydrogen (secondary N) is 1. The second-order valence-electron chi connectivity index (χ2n) is 11.1. The number of benzene rings is 3. The first-order valence-corrected chi connectivity index (χ1v) is 15.2. The van der Waals surface area contributed by atoms with Gasteiger partial charge < -0.3 is 29.7 Å². The maximum absolute atomic E-state index is 13.6. The van der Waals surface area contributed by atoms with Gasteiger partial charge in [-0.25, -0.2) is 9.97 Å². The zero-order valence-corrected chi connectivity index (χ0v) is 25.1. The molecule has 11 nitrogen and oxygen atoms in total. The van der Waals surface area contributed by atoms with Gasteiger partial charge in [0, 0.05) is 62.9 Å². The highest BCUT2D eigenvalue weighted by Crippen LogP contribution is 2.31. The van der Waals surface area contributed by atoms with Crippen molar-refractivity contribution in [2.24, 2.45) is 0 Å². The monoisotopic (exact) mass is 608 g/mol. The summed E-state index contributed by atoms with van der Waals surface area (Å²) in [5.41, 5.74) is 3.23. The van der Waals surface area contributed by atoms with Crippen molar-refractivity contribution in [3.05, 3.63) is 90.3 Å². The van der Waals surface area contributed by atoms with E-state index in [4.69, 9.17) is 9.47 Å². The maximum atomic E-state index is 13.6. The van der Waals surface area contributed by atoms with Crippen LogP contribution < -0.4 is 15.0 Å². The van der Waals surface area contributed by atoms with Gasteiger partial charge in [0.2, 0.25) is 11.9 Å². The van der Waals surface area contributed by atoms with Crippen molar-refractivity contribution in [3.63, 3.8) is 0 Å². The Bertz CT molecular complexity index is 1620. The van der Waals surface area contributed by atoms with Crippen LogP contribution in [-0.4, -0.2) is 82.1 Å². The topological polar surface area (TPSA) is 130 Å². The van der Waals surface area contributed by atoms with Crippen molar-refractivity contribution in [1.82, 2.24) is 19.9 Å². The Labute approximate surface area is 261 Å². The minimum absolute atomic E-state index is 0.0884. The van der Waals surface area contributed by atoms with Crippen molar-refractivity contribution in [3.8, 4) is 17.1 Å². The van der Waals surface area contributed by atoms with Crippen LogP contribution in [0.1, 0.15) is 41.8 Å². The van der Waals surface area contributed by atoms with Crippen LogP contribution in [0.2, 0.25) is 0 Å². The molecule has 4 aromatic rings. The highest BCUT2D eigenvalue weighted by molar-refractivity contribution is 6.03. The molecule has 1 amide bonds. The molecule has 0 aliphatic carbocycles. The first-order valence-electron chi connectivity index (χ1n) is 15.2. The lowest BCUT2D eigenvalue weighted by Crippen LogP contribution is -2.48. The summed E-state index contributed by atoms with van der Waals surface area (Å²) < 4.78 is 11.7. The van der Waals surface area contributed by atoms with E-state index in [0.717, 1.165) is 37.3 Å². The van der Waals surface area contributed by atoms with Gasteiger partial charge in [-0.3, -0.25) is 9.59 Å². The minimum atomic E-state index is -1.35. The van der Waals surface area contributed by atoms with Gasteiger partial charge in [-0.05, 0) is 48.0 Å². The number of carbonyl (C=O) groups excluding carboxylic acids is 2. The molecule has 2 aliphatic rings. The van der Waals surface area contributed by atoms with Gasteiger partial charge in [0.15, 0.2) is 11.6 Å². The molecule has 3 heterocycles. The number of hydrogen-bond donors (Lipinski definition) is 2. The predicted octanol–water partition coefficient (Wildman–Crippen LogP) is 4.42. The van der Waals surface area contributed by atoms with Crippen LogP contribution in [0.3, 0.4) is 0 Å². The van der Waals surface area contributed by atoms with E-state index in [9.17, 15) is 14.7 Å². The van der Waals surface area contributed by atoms with Crippen molar-refractivity contribution < 1.29 is 24.2 Å². The molecule has 1 aromatic heterocycles. The van der Waals surface area contributed by atoms with E-state index in [1.54, 1.807) is 49.4 Å². The largest absolute Gasteiger partial charge is 0.489 e. The molecule has 6 rings (SSSR count). The summed E-state index contributed by atoms with van der Waals surface area (Å²) in [5.74, 6) is 0.759. The van der Waals surface area contributed by atoms with Gasteiger partial charge >= 0.3 is 0 Å². The van der Waals surface area contributed by atoms with Gasteiger partial charge in [0.05, 0.1) is 18.8 Å². The summed E-state index contributed by atoms with van der Waals surface area (Å²) in [5, 5.41) is 14.2. The lowest BCUT2D eigenvalue weighted by molar-refractivity contribution is -0.129. The van der Waals surface area contributed by atoms with Crippen LogP contribution in [0.25, 0.3) is 11.4 Å².